The fraction of sp³-hybridized carbons (Fsp3) is 0.435. The number of fused-ring (bicyclic) bond motifs is 1. The molecule has 1 saturated heterocycles. The second-order valence-electron chi connectivity index (χ2n) is 8.22. The molecule has 9 heteroatoms. The number of hydrogen-bond acceptors (Lipinski definition) is 5. The number of ether oxygens (including phenoxy) is 2. The highest BCUT2D eigenvalue weighted by molar-refractivity contribution is 7.88. The lowest BCUT2D eigenvalue weighted by Gasteiger charge is -2.32. The molecular weight excluding hydrogens is 452 g/mol. The Balaban J connectivity index is 1.38. The molecule has 0 aromatic heterocycles. The van der Waals surface area contributed by atoms with E-state index in [1.165, 1.54) is 4.31 Å². The molecule has 2 aliphatic rings. The van der Waals surface area contributed by atoms with Gasteiger partial charge < -0.3 is 14.8 Å². The predicted octanol–water partition coefficient (Wildman–Crippen LogP) is 3.53. The van der Waals surface area contributed by atoms with Crippen LogP contribution in [-0.2, 0) is 20.6 Å². The Labute approximate surface area is 193 Å². The molecule has 172 valence electrons. The first-order chi connectivity index (χ1) is 15.3. The van der Waals surface area contributed by atoms with Gasteiger partial charge in [0.2, 0.25) is 15.9 Å². The van der Waals surface area contributed by atoms with Gasteiger partial charge in [0, 0.05) is 18.1 Å². The molecule has 2 heterocycles. The summed E-state index contributed by atoms with van der Waals surface area (Å²) in [7, 11) is -3.55. The largest absolute Gasteiger partial charge is 0.486 e. The van der Waals surface area contributed by atoms with Crippen molar-refractivity contribution in [2.75, 3.05) is 26.3 Å². The molecule has 7 nitrogen and oxygen atoms in total. The maximum absolute atomic E-state index is 12.9. The van der Waals surface area contributed by atoms with Crippen LogP contribution in [0.15, 0.2) is 42.5 Å². The number of nitrogens with zero attached hydrogens (tertiary/aromatic N) is 1. The van der Waals surface area contributed by atoms with Crippen LogP contribution in [0.25, 0.3) is 0 Å². The number of piperidine rings is 1. The Morgan fingerprint density at radius 3 is 2.75 bits per heavy atom. The lowest BCUT2D eigenvalue weighted by molar-refractivity contribution is -0.126. The molecular formula is C23H27ClN2O5S. The molecule has 4 rings (SSSR count). The molecule has 2 atom stereocenters. The lowest BCUT2D eigenvalue weighted by Crippen LogP contribution is -2.46. The third-order valence-electron chi connectivity index (χ3n) is 5.81. The van der Waals surface area contributed by atoms with E-state index in [1.807, 2.05) is 25.1 Å². The van der Waals surface area contributed by atoms with Crippen molar-refractivity contribution in [1.29, 1.82) is 0 Å². The molecule has 1 amide bonds. The van der Waals surface area contributed by atoms with Crippen LogP contribution in [-0.4, -0.2) is 44.9 Å². The number of sulfonamides is 1. The number of nitrogens with one attached hydrogen (secondary N) is 1. The average molecular weight is 479 g/mol. The number of benzene rings is 2. The molecule has 0 saturated carbocycles. The van der Waals surface area contributed by atoms with Gasteiger partial charge in [0.1, 0.15) is 13.2 Å². The maximum atomic E-state index is 12.9. The van der Waals surface area contributed by atoms with E-state index in [2.05, 4.69) is 5.32 Å². The van der Waals surface area contributed by atoms with E-state index >= 15 is 0 Å². The Kier molecular flexibility index (Phi) is 6.93. The SMILES string of the molecule is C[C@@H](NC(=O)[C@@H]1CCCN(S(=O)(=O)Cc2cccc(Cl)c2)C1)c1ccc2c(c1)OCCO2. The van der Waals surface area contributed by atoms with Crippen LogP contribution in [0, 0.1) is 5.92 Å². The molecule has 2 aromatic rings. The normalized spacial score (nSPS) is 19.9. The van der Waals surface area contributed by atoms with Crippen molar-refractivity contribution < 1.29 is 22.7 Å². The first kappa shape index (κ1) is 22.9. The van der Waals surface area contributed by atoms with Gasteiger partial charge in [-0.15, -0.1) is 0 Å². The van der Waals surface area contributed by atoms with E-state index in [0.29, 0.717) is 54.7 Å². The maximum Gasteiger partial charge on any atom is 0.224 e. The summed E-state index contributed by atoms with van der Waals surface area (Å²) in [5, 5.41) is 3.53. The summed E-state index contributed by atoms with van der Waals surface area (Å²) in [5.41, 5.74) is 1.54. The van der Waals surface area contributed by atoms with Crippen LogP contribution in [0.2, 0.25) is 5.02 Å². The van der Waals surface area contributed by atoms with Gasteiger partial charge in [0.25, 0.3) is 0 Å². The zero-order valence-corrected chi connectivity index (χ0v) is 19.5. The number of halogens is 1. The van der Waals surface area contributed by atoms with E-state index in [0.717, 1.165) is 5.56 Å². The number of amides is 1. The molecule has 0 bridgehead atoms. The summed E-state index contributed by atoms with van der Waals surface area (Å²) < 4.78 is 38.5. The first-order valence-electron chi connectivity index (χ1n) is 10.7. The Morgan fingerprint density at radius 1 is 1.19 bits per heavy atom. The molecule has 0 aliphatic carbocycles. The number of carbonyl (C=O) groups excluding carboxylic acids is 1. The number of rotatable bonds is 6. The van der Waals surface area contributed by atoms with Gasteiger partial charge in [-0.05, 0) is 55.2 Å². The zero-order valence-electron chi connectivity index (χ0n) is 17.9. The zero-order chi connectivity index (χ0) is 22.7. The van der Waals surface area contributed by atoms with E-state index in [9.17, 15) is 13.2 Å². The smallest absolute Gasteiger partial charge is 0.224 e. The molecule has 1 fully saturated rings. The minimum Gasteiger partial charge on any atom is -0.486 e. The minimum atomic E-state index is -3.55. The van der Waals surface area contributed by atoms with Gasteiger partial charge in [-0.1, -0.05) is 29.8 Å². The standard InChI is InChI=1S/C23H27ClN2O5S/c1-16(18-7-8-21-22(13-18)31-11-10-30-21)25-23(27)19-5-3-9-26(14-19)32(28,29)15-17-4-2-6-20(24)12-17/h2,4,6-8,12-13,16,19H,3,5,9-11,14-15H2,1H3,(H,25,27)/t16-,19-/m1/s1. The van der Waals surface area contributed by atoms with E-state index in [4.69, 9.17) is 21.1 Å². The fourth-order valence-corrected chi connectivity index (χ4v) is 5.89. The molecule has 2 aromatic carbocycles. The van der Waals surface area contributed by atoms with Crippen molar-refractivity contribution in [3.63, 3.8) is 0 Å². The van der Waals surface area contributed by atoms with Crippen LogP contribution in [0.3, 0.4) is 0 Å². The summed E-state index contributed by atoms with van der Waals surface area (Å²) in [6.07, 6.45) is 1.30. The Hall–Kier alpha value is -2.29. The second kappa shape index (κ2) is 9.68. The molecule has 0 unspecified atom stereocenters. The van der Waals surface area contributed by atoms with Crippen molar-refractivity contribution in [3.8, 4) is 11.5 Å². The quantitative estimate of drug-likeness (QED) is 0.686. The third-order valence-corrected chi connectivity index (χ3v) is 7.86. The highest BCUT2D eigenvalue weighted by Crippen LogP contribution is 2.33. The number of hydrogen-bond donors (Lipinski definition) is 1. The molecule has 1 N–H and O–H groups in total. The monoisotopic (exact) mass is 478 g/mol. The van der Waals surface area contributed by atoms with Crippen molar-refractivity contribution in [2.45, 2.75) is 31.6 Å². The van der Waals surface area contributed by atoms with Gasteiger partial charge in [-0.25, -0.2) is 12.7 Å². The lowest BCUT2D eigenvalue weighted by atomic mass is 9.97. The topological polar surface area (TPSA) is 84.9 Å². The summed E-state index contributed by atoms with van der Waals surface area (Å²) in [5.74, 6) is 0.708. The average Bonchev–Trinajstić information content (AvgIpc) is 2.78. The van der Waals surface area contributed by atoms with Gasteiger partial charge in [0.05, 0.1) is 17.7 Å². The summed E-state index contributed by atoms with van der Waals surface area (Å²) >= 11 is 5.99. The van der Waals surface area contributed by atoms with Crippen LogP contribution in [0.4, 0.5) is 0 Å². The number of carbonyl (C=O) groups is 1. The third kappa shape index (κ3) is 5.36. The van der Waals surface area contributed by atoms with E-state index < -0.39 is 15.9 Å². The van der Waals surface area contributed by atoms with Crippen molar-refractivity contribution >= 4 is 27.5 Å². The molecule has 0 radical (unpaired) electrons. The summed E-state index contributed by atoms with van der Waals surface area (Å²) in [4.78, 5) is 12.9. The van der Waals surface area contributed by atoms with Crippen LogP contribution in [0.5, 0.6) is 11.5 Å². The van der Waals surface area contributed by atoms with Gasteiger partial charge >= 0.3 is 0 Å². The van der Waals surface area contributed by atoms with Crippen LogP contribution >= 0.6 is 11.6 Å². The predicted molar refractivity (Wildman–Crippen MR) is 122 cm³/mol. The van der Waals surface area contributed by atoms with E-state index in [-0.39, 0.29) is 24.2 Å². The Morgan fingerprint density at radius 2 is 1.97 bits per heavy atom. The van der Waals surface area contributed by atoms with E-state index in [1.54, 1.807) is 24.3 Å². The van der Waals surface area contributed by atoms with Gasteiger partial charge in [-0.2, -0.15) is 0 Å². The minimum absolute atomic E-state index is 0.129. The fourth-order valence-electron chi connectivity index (χ4n) is 4.08. The highest BCUT2D eigenvalue weighted by Gasteiger charge is 2.33. The van der Waals surface area contributed by atoms with Crippen molar-refractivity contribution in [1.82, 2.24) is 9.62 Å². The first-order valence-corrected chi connectivity index (χ1v) is 12.7. The van der Waals surface area contributed by atoms with Gasteiger partial charge in [0.15, 0.2) is 11.5 Å². The van der Waals surface area contributed by atoms with Crippen molar-refractivity contribution in [3.05, 3.63) is 58.6 Å². The van der Waals surface area contributed by atoms with Crippen molar-refractivity contribution in [2.24, 2.45) is 5.92 Å². The molecule has 0 spiro atoms. The van der Waals surface area contributed by atoms with Crippen LogP contribution < -0.4 is 14.8 Å². The molecule has 32 heavy (non-hydrogen) atoms. The summed E-state index contributed by atoms with van der Waals surface area (Å²) in [6.45, 7) is 3.53. The molecule has 2 aliphatic heterocycles. The second-order valence-corrected chi connectivity index (χ2v) is 10.6. The summed E-state index contributed by atoms with van der Waals surface area (Å²) in [6, 6.07) is 12.2. The highest BCUT2D eigenvalue weighted by atomic mass is 35.5. The van der Waals surface area contributed by atoms with Gasteiger partial charge in [-0.3, -0.25) is 4.79 Å². The van der Waals surface area contributed by atoms with Crippen LogP contribution in [0.1, 0.15) is 36.9 Å². The Bertz CT molecular complexity index is 1090.